The molecule has 1 heterocycles. The summed E-state index contributed by atoms with van der Waals surface area (Å²) >= 11 is 0. The molecule has 22 heavy (non-hydrogen) atoms. The molecule has 0 bridgehead atoms. The molecule has 0 aromatic heterocycles. The van der Waals surface area contributed by atoms with Gasteiger partial charge in [-0.2, -0.15) is 0 Å². The average Bonchev–Trinajstić information content (AvgIpc) is 2.52. The first-order valence-electron chi connectivity index (χ1n) is 8.04. The molecule has 126 valence electrons. The van der Waals surface area contributed by atoms with E-state index in [-0.39, 0.29) is 24.3 Å². The molecule has 0 spiro atoms. The quantitative estimate of drug-likeness (QED) is 0.770. The molecule has 2 rings (SSSR count). The van der Waals surface area contributed by atoms with E-state index in [2.05, 4.69) is 17.1 Å². The summed E-state index contributed by atoms with van der Waals surface area (Å²) in [6, 6.07) is 5.13. The Kier molecular flexibility index (Phi) is 8.76. The first kappa shape index (κ1) is 19.2. The van der Waals surface area contributed by atoms with Crippen molar-refractivity contribution < 1.29 is 9.13 Å². The molecular formula is C17H28ClFN2O. The van der Waals surface area contributed by atoms with Gasteiger partial charge in [0.15, 0.2) is 0 Å². The largest absolute Gasteiger partial charge is 0.496 e. The molecule has 0 amide bonds. The van der Waals surface area contributed by atoms with Crippen molar-refractivity contribution >= 4 is 12.4 Å². The number of piperazine rings is 1. The number of benzene rings is 1. The minimum absolute atomic E-state index is 0. The van der Waals surface area contributed by atoms with Crippen LogP contribution in [0.15, 0.2) is 18.2 Å². The molecule has 3 nitrogen and oxygen atoms in total. The lowest BCUT2D eigenvalue weighted by atomic mass is 9.97. The number of halogens is 2. The maximum absolute atomic E-state index is 13.7. The highest BCUT2D eigenvalue weighted by molar-refractivity contribution is 5.85. The average molecular weight is 331 g/mol. The Labute approximate surface area is 139 Å². The van der Waals surface area contributed by atoms with Crippen LogP contribution in [0.1, 0.15) is 44.2 Å². The summed E-state index contributed by atoms with van der Waals surface area (Å²) in [4.78, 5) is 2.46. The summed E-state index contributed by atoms with van der Waals surface area (Å²) in [6.45, 7) is 6.24. The lowest BCUT2D eigenvalue weighted by molar-refractivity contribution is 0.159. The summed E-state index contributed by atoms with van der Waals surface area (Å²) in [6.07, 6.45) is 4.66. The smallest absolute Gasteiger partial charge is 0.123 e. The van der Waals surface area contributed by atoms with Gasteiger partial charge in [-0.25, -0.2) is 4.39 Å². The molecule has 0 unspecified atom stereocenters. The Bertz CT molecular complexity index is 439. The molecule has 1 aromatic rings. The number of hydrogen-bond donors (Lipinski definition) is 1. The third-order valence-corrected chi connectivity index (χ3v) is 4.22. The van der Waals surface area contributed by atoms with E-state index >= 15 is 0 Å². The minimum Gasteiger partial charge on any atom is -0.496 e. The van der Waals surface area contributed by atoms with Gasteiger partial charge in [-0.15, -0.1) is 12.4 Å². The zero-order valence-electron chi connectivity index (χ0n) is 13.6. The first-order chi connectivity index (χ1) is 10.3. The van der Waals surface area contributed by atoms with Crippen LogP contribution in [0.25, 0.3) is 0 Å². The Morgan fingerprint density at radius 1 is 1.27 bits per heavy atom. The summed E-state index contributed by atoms with van der Waals surface area (Å²) in [5.41, 5.74) is 0.996. The second-order valence-corrected chi connectivity index (χ2v) is 5.68. The van der Waals surface area contributed by atoms with Gasteiger partial charge in [-0.1, -0.05) is 26.2 Å². The van der Waals surface area contributed by atoms with Crippen molar-refractivity contribution in [1.82, 2.24) is 10.2 Å². The number of methoxy groups -OCH3 is 1. The lowest BCUT2D eigenvalue weighted by Gasteiger charge is -2.36. The highest BCUT2D eigenvalue weighted by Gasteiger charge is 2.24. The van der Waals surface area contributed by atoms with E-state index in [0.717, 1.165) is 43.9 Å². The molecular weight excluding hydrogens is 303 g/mol. The number of ether oxygens (including phenoxy) is 1. The fourth-order valence-electron chi connectivity index (χ4n) is 3.08. The van der Waals surface area contributed by atoms with Crippen molar-refractivity contribution in [1.29, 1.82) is 0 Å². The highest BCUT2D eigenvalue weighted by Crippen LogP contribution is 2.34. The Balaban J connectivity index is 0.00000242. The Morgan fingerprint density at radius 3 is 2.64 bits per heavy atom. The second-order valence-electron chi connectivity index (χ2n) is 5.68. The van der Waals surface area contributed by atoms with Crippen molar-refractivity contribution in [2.75, 3.05) is 33.3 Å². The third kappa shape index (κ3) is 5.11. The number of unbranched alkanes of at least 4 members (excludes halogenated alkanes) is 2. The van der Waals surface area contributed by atoms with E-state index < -0.39 is 0 Å². The van der Waals surface area contributed by atoms with Crippen LogP contribution in [0.4, 0.5) is 4.39 Å². The molecule has 1 aromatic carbocycles. The summed E-state index contributed by atoms with van der Waals surface area (Å²) in [7, 11) is 1.66. The van der Waals surface area contributed by atoms with Gasteiger partial charge in [-0.3, -0.25) is 4.90 Å². The first-order valence-corrected chi connectivity index (χ1v) is 8.04. The fraction of sp³-hybridized carbons (Fsp3) is 0.647. The highest BCUT2D eigenvalue weighted by atomic mass is 35.5. The van der Waals surface area contributed by atoms with Gasteiger partial charge >= 0.3 is 0 Å². The SMILES string of the molecule is CCCCC[C@H](c1cc(F)ccc1OC)N1CCNCC1.Cl. The lowest BCUT2D eigenvalue weighted by Crippen LogP contribution is -2.45. The van der Waals surface area contributed by atoms with Crippen molar-refractivity contribution in [3.63, 3.8) is 0 Å². The van der Waals surface area contributed by atoms with E-state index in [1.54, 1.807) is 19.2 Å². The maximum atomic E-state index is 13.7. The predicted molar refractivity (Wildman–Crippen MR) is 91.5 cm³/mol. The van der Waals surface area contributed by atoms with Crippen LogP contribution < -0.4 is 10.1 Å². The normalized spacial score (nSPS) is 16.9. The number of rotatable bonds is 7. The zero-order chi connectivity index (χ0) is 15.1. The van der Waals surface area contributed by atoms with Crippen LogP contribution in [0.3, 0.4) is 0 Å². The third-order valence-electron chi connectivity index (χ3n) is 4.22. The molecule has 0 aliphatic carbocycles. The van der Waals surface area contributed by atoms with Crippen LogP contribution in [0.2, 0.25) is 0 Å². The molecule has 1 aliphatic heterocycles. The molecule has 1 aliphatic rings. The molecule has 0 saturated carbocycles. The van der Waals surface area contributed by atoms with Gasteiger partial charge in [0.2, 0.25) is 0 Å². The van der Waals surface area contributed by atoms with Crippen LogP contribution in [0.5, 0.6) is 5.75 Å². The van der Waals surface area contributed by atoms with E-state index in [9.17, 15) is 4.39 Å². The molecule has 1 atom stereocenters. The van der Waals surface area contributed by atoms with Crippen molar-refractivity contribution in [3.8, 4) is 5.75 Å². The summed E-state index contributed by atoms with van der Waals surface area (Å²) in [5, 5.41) is 3.38. The van der Waals surface area contributed by atoms with Gasteiger partial charge in [0, 0.05) is 37.8 Å². The molecule has 1 N–H and O–H groups in total. The van der Waals surface area contributed by atoms with E-state index in [4.69, 9.17) is 4.74 Å². The summed E-state index contributed by atoms with van der Waals surface area (Å²) in [5.74, 6) is 0.623. The van der Waals surface area contributed by atoms with Gasteiger partial charge < -0.3 is 10.1 Å². The van der Waals surface area contributed by atoms with Crippen molar-refractivity contribution in [2.24, 2.45) is 0 Å². The summed E-state index contributed by atoms with van der Waals surface area (Å²) < 4.78 is 19.2. The topological polar surface area (TPSA) is 24.5 Å². The fourth-order valence-corrected chi connectivity index (χ4v) is 3.08. The van der Waals surface area contributed by atoms with Crippen LogP contribution in [0, 0.1) is 5.82 Å². The minimum atomic E-state index is -0.179. The van der Waals surface area contributed by atoms with Crippen LogP contribution >= 0.6 is 12.4 Å². The Hall–Kier alpha value is -0.840. The molecule has 1 fully saturated rings. The van der Waals surface area contributed by atoms with Crippen LogP contribution in [-0.4, -0.2) is 38.2 Å². The van der Waals surface area contributed by atoms with E-state index in [1.807, 2.05) is 0 Å². The zero-order valence-corrected chi connectivity index (χ0v) is 14.4. The van der Waals surface area contributed by atoms with Crippen LogP contribution in [-0.2, 0) is 0 Å². The number of nitrogens with one attached hydrogen (secondary N) is 1. The van der Waals surface area contributed by atoms with Crippen molar-refractivity contribution in [2.45, 2.75) is 38.6 Å². The number of hydrogen-bond acceptors (Lipinski definition) is 3. The van der Waals surface area contributed by atoms with Crippen molar-refractivity contribution in [3.05, 3.63) is 29.6 Å². The van der Waals surface area contributed by atoms with Gasteiger partial charge in [0.05, 0.1) is 7.11 Å². The molecule has 1 saturated heterocycles. The van der Waals surface area contributed by atoms with Gasteiger partial charge in [-0.05, 0) is 24.6 Å². The molecule has 0 radical (unpaired) electrons. The number of nitrogens with zero attached hydrogens (tertiary/aromatic N) is 1. The second kappa shape index (κ2) is 10.0. The predicted octanol–water partition coefficient (Wildman–Crippen LogP) is 3.78. The van der Waals surface area contributed by atoms with E-state index in [0.29, 0.717) is 0 Å². The maximum Gasteiger partial charge on any atom is 0.123 e. The standard InChI is InChI=1S/C17H27FN2O.ClH/c1-3-4-5-6-16(20-11-9-19-10-12-20)15-13-14(18)7-8-17(15)21-2;/h7-8,13,16,19H,3-6,9-12H2,1-2H3;1H/t16-;/m1./s1. The van der Waals surface area contributed by atoms with Gasteiger partial charge in [0.1, 0.15) is 11.6 Å². The molecule has 5 heteroatoms. The monoisotopic (exact) mass is 330 g/mol. The van der Waals surface area contributed by atoms with E-state index in [1.165, 1.54) is 25.3 Å². The Morgan fingerprint density at radius 2 is 2.00 bits per heavy atom. The van der Waals surface area contributed by atoms with Gasteiger partial charge in [0.25, 0.3) is 0 Å².